The number of hydrogen-bond donors (Lipinski definition) is 0. The lowest BCUT2D eigenvalue weighted by Gasteiger charge is -2.20. The van der Waals surface area contributed by atoms with Crippen molar-refractivity contribution in [1.82, 2.24) is 9.97 Å². The molecule has 2 aromatic carbocycles. The minimum absolute atomic E-state index is 0.0564. The smallest absolute Gasteiger partial charge is 0.260 e. The number of benzene rings is 2. The fourth-order valence-corrected chi connectivity index (χ4v) is 4.87. The molecule has 0 spiro atoms. The SMILES string of the molecule is CC(C)Sc1cccc(C(=O)N(Cc2cccnc2)c2nc3ccccc3s2)c1. The van der Waals surface area contributed by atoms with E-state index in [1.54, 1.807) is 29.1 Å². The van der Waals surface area contributed by atoms with Crippen LogP contribution in [-0.2, 0) is 6.54 Å². The molecule has 4 rings (SSSR count). The van der Waals surface area contributed by atoms with Crippen LogP contribution in [0.3, 0.4) is 0 Å². The number of para-hydroxylation sites is 1. The van der Waals surface area contributed by atoms with Crippen LogP contribution < -0.4 is 4.90 Å². The molecule has 0 bridgehead atoms. The van der Waals surface area contributed by atoms with Crippen LogP contribution in [0.4, 0.5) is 5.13 Å². The summed E-state index contributed by atoms with van der Waals surface area (Å²) in [5.74, 6) is -0.0564. The van der Waals surface area contributed by atoms with E-state index >= 15 is 0 Å². The van der Waals surface area contributed by atoms with Gasteiger partial charge in [0.2, 0.25) is 0 Å². The molecule has 0 N–H and O–H groups in total. The topological polar surface area (TPSA) is 46.1 Å². The summed E-state index contributed by atoms with van der Waals surface area (Å²) in [6.45, 7) is 4.72. The minimum atomic E-state index is -0.0564. The first-order valence-electron chi connectivity index (χ1n) is 9.43. The Morgan fingerprint density at radius 3 is 2.72 bits per heavy atom. The molecule has 2 aromatic heterocycles. The average molecular weight is 420 g/mol. The van der Waals surface area contributed by atoms with Gasteiger partial charge in [-0.05, 0) is 42.0 Å². The Labute approximate surface area is 178 Å². The second-order valence-corrected chi connectivity index (χ2v) is 9.57. The van der Waals surface area contributed by atoms with E-state index in [-0.39, 0.29) is 5.91 Å². The first kappa shape index (κ1) is 19.6. The normalized spacial score (nSPS) is 11.1. The monoisotopic (exact) mass is 419 g/mol. The van der Waals surface area contributed by atoms with Crippen molar-refractivity contribution in [3.05, 3.63) is 84.2 Å². The Hall–Kier alpha value is -2.70. The molecule has 0 aliphatic rings. The molecule has 0 saturated carbocycles. The lowest BCUT2D eigenvalue weighted by atomic mass is 10.2. The molecule has 0 fully saturated rings. The number of thiazole rings is 1. The summed E-state index contributed by atoms with van der Waals surface area (Å²) in [4.78, 5) is 25.3. The Morgan fingerprint density at radius 1 is 1.10 bits per heavy atom. The van der Waals surface area contributed by atoms with Gasteiger partial charge in [0.1, 0.15) is 0 Å². The Balaban J connectivity index is 1.72. The van der Waals surface area contributed by atoms with E-state index in [4.69, 9.17) is 4.98 Å². The average Bonchev–Trinajstić information content (AvgIpc) is 3.16. The first-order chi connectivity index (χ1) is 14.1. The van der Waals surface area contributed by atoms with Crippen molar-refractivity contribution >= 4 is 44.4 Å². The van der Waals surface area contributed by atoms with Crippen molar-refractivity contribution in [1.29, 1.82) is 0 Å². The number of pyridine rings is 1. The van der Waals surface area contributed by atoms with E-state index in [0.717, 1.165) is 20.7 Å². The second kappa shape index (κ2) is 8.76. The summed E-state index contributed by atoms with van der Waals surface area (Å²) in [6, 6.07) is 19.7. The largest absolute Gasteiger partial charge is 0.279 e. The second-order valence-electron chi connectivity index (χ2n) is 6.91. The lowest BCUT2D eigenvalue weighted by molar-refractivity contribution is 0.0985. The Bertz CT molecular complexity index is 1090. The van der Waals surface area contributed by atoms with E-state index in [0.29, 0.717) is 22.5 Å². The molecule has 0 saturated heterocycles. The highest BCUT2D eigenvalue weighted by molar-refractivity contribution is 7.99. The summed E-state index contributed by atoms with van der Waals surface area (Å²) in [5.41, 5.74) is 2.53. The third kappa shape index (κ3) is 4.66. The van der Waals surface area contributed by atoms with Gasteiger partial charge in [-0.25, -0.2) is 4.98 Å². The highest BCUT2D eigenvalue weighted by Gasteiger charge is 2.22. The van der Waals surface area contributed by atoms with Gasteiger partial charge in [0, 0.05) is 28.1 Å². The summed E-state index contributed by atoms with van der Waals surface area (Å²) in [6.07, 6.45) is 3.53. The Morgan fingerprint density at radius 2 is 1.97 bits per heavy atom. The number of carbonyl (C=O) groups excluding carboxylic acids is 1. The minimum Gasteiger partial charge on any atom is -0.279 e. The van der Waals surface area contributed by atoms with Gasteiger partial charge in [-0.3, -0.25) is 14.7 Å². The molecule has 4 nitrogen and oxygen atoms in total. The fourth-order valence-electron chi connectivity index (χ4n) is 3.01. The zero-order valence-electron chi connectivity index (χ0n) is 16.3. The van der Waals surface area contributed by atoms with Gasteiger partial charge in [0.15, 0.2) is 5.13 Å². The van der Waals surface area contributed by atoms with Crippen molar-refractivity contribution in [3.63, 3.8) is 0 Å². The number of carbonyl (C=O) groups is 1. The summed E-state index contributed by atoms with van der Waals surface area (Å²) >= 11 is 3.28. The number of fused-ring (bicyclic) bond motifs is 1. The van der Waals surface area contributed by atoms with E-state index in [9.17, 15) is 4.79 Å². The van der Waals surface area contributed by atoms with E-state index in [1.807, 2.05) is 60.7 Å². The van der Waals surface area contributed by atoms with Gasteiger partial charge in [0.05, 0.1) is 16.8 Å². The number of hydrogen-bond acceptors (Lipinski definition) is 5. The molecular weight excluding hydrogens is 398 g/mol. The molecule has 1 amide bonds. The van der Waals surface area contributed by atoms with Crippen molar-refractivity contribution in [2.45, 2.75) is 30.5 Å². The van der Waals surface area contributed by atoms with E-state index in [2.05, 4.69) is 18.8 Å². The van der Waals surface area contributed by atoms with E-state index in [1.165, 1.54) is 11.3 Å². The molecule has 6 heteroatoms. The van der Waals surface area contributed by atoms with Crippen LogP contribution in [0.2, 0.25) is 0 Å². The molecular formula is C23H21N3OS2. The zero-order chi connectivity index (χ0) is 20.2. The van der Waals surface area contributed by atoms with Gasteiger partial charge in [-0.15, -0.1) is 11.8 Å². The van der Waals surface area contributed by atoms with Crippen molar-refractivity contribution in [2.75, 3.05) is 4.90 Å². The molecule has 0 aliphatic carbocycles. The number of amides is 1. The molecule has 0 atom stereocenters. The van der Waals surface area contributed by atoms with Crippen molar-refractivity contribution in [3.8, 4) is 0 Å². The first-order valence-corrected chi connectivity index (χ1v) is 11.1. The predicted octanol–water partition coefficient (Wildman–Crippen LogP) is 6.04. The van der Waals surface area contributed by atoms with E-state index < -0.39 is 0 Å². The predicted molar refractivity (Wildman–Crippen MR) is 122 cm³/mol. The van der Waals surface area contributed by atoms with Gasteiger partial charge in [-0.1, -0.05) is 49.4 Å². The zero-order valence-corrected chi connectivity index (χ0v) is 17.9. The lowest BCUT2D eigenvalue weighted by Crippen LogP contribution is -2.30. The number of aromatic nitrogens is 2. The molecule has 4 aromatic rings. The van der Waals surface area contributed by atoms with Crippen LogP contribution in [0.5, 0.6) is 0 Å². The van der Waals surface area contributed by atoms with Crippen LogP contribution in [0.25, 0.3) is 10.2 Å². The molecule has 0 radical (unpaired) electrons. The number of thioether (sulfide) groups is 1. The molecule has 29 heavy (non-hydrogen) atoms. The van der Waals surface area contributed by atoms with Crippen molar-refractivity contribution in [2.24, 2.45) is 0 Å². The summed E-state index contributed by atoms with van der Waals surface area (Å²) in [5, 5.41) is 1.15. The molecule has 0 aliphatic heterocycles. The number of rotatable bonds is 6. The summed E-state index contributed by atoms with van der Waals surface area (Å²) < 4.78 is 1.07. The van der Waals surface area contributed by atoms with Gasteiger partial charge < -0.3 is 0 Å². The number of anilines is 1. The third-order valence-corrected chi connectivity index (χ3v) is 6.33. The fraction of sp³-hybridized carbons (Fsp3) is 0.174. The number of nitrogens with zero attached hydrogens (tertiary/aromatic N) is 3. The Kier molecular flexibility index (Phi) is 5.92. The van der Waals surface area contributed by atoms with Crippen LogP contribution >= 0.6 is 23.1 Å². The van der Waals surface area contributed by atoms with Gasteiger partial charge >= 0.3 is 0 Å². The third-order valence-electron chi connectivity index (χ3n) is 4.27. The van der Waals surface area contributed by atoms with Crippen LogP contribution in [0.15, 0.2) is 78.0 Å². The maximum absolute atomic E-state index is 13.5. The maximum atomic E-state index is 13.5. The van der Waals surface area contributed by atoms with Crippen LogP contribution in [0.1, 0.15) is 29.8 Å². The highest BCUT2D eigenvalue weighted by atomic mass is 32.2. The standard InChI is InChI=1S/C23H21N3OS2/c1-16(2)28-19-9-5-8-18(13-19)22(27)26(15-17-7-6-12-24-14-17)23-25-20-10-3-4-11-21(20)29-23/h3-14,16H,15H2,1-2H3. The molecule has 146 valence electrons. The van der Waals surface area contributed by atoms with Gasteiger partial charge in [0.25, 0.3) is 5.91 Å². The maximum Gasteiger partial charge on any atom is 0.260 e. The van der Waals surface area contributed by atoms with Crippen LogP contribution in [0, 0.1) is 0 Å². The van der Waals surface area contributed by atoms with Gasteiger partial charge in [-0.2, -0.15) is 0 Å². The molecule has 2 heterocycles. The van der Waals surface area contributed by atoms with Crippen LogP contribution in [-0.4, -0.2) is 21.1 Å². The summed E-state index contributed by atoms with van der Waals surface area (Å²) in [7, 11) is 0. The molecule has 0 unspecified atom stereocenters. The highest BCUT2D eigenvalue weighted by Crippen LogP contribution is 2.31. The quantitative estimate of drug-likeness (QED) is 0.358. The van der Waals surface area contributed by atoms with Crippen molar-refractivity contribution < 1.29 is 4.79 Å².